The highest BCUT2D eigenvalue weighted by Gasteiger charge is 2.50. The molecule has 1 aromatic heterocycles. The number of piperidine rings is 1. The predicted molar refractivity (Wildman–Crippen MR) is 139 cm³/mol. The first-order valence-corrected chi connectivity index (χ1v) is 13.5. The van der Waals surface area contributed by atoms with E-state index in [-0.39, 0.29) is 36.1 Å². The first kappa shape index (κ1) is 26.2. The zero-order chi connectivity index (χ0) is 27.0. The minimum Gasteiger partial charge on any atom is -0.496 e. The van der Waals surface area contributed by atoms with E-state index in [9.17, 15) is 24.3 Å². The van der Waals surface area contributed by atoms with Gasteiger partial charge in [0.25, 0.3) is 5.91 Å². The summed E-state index contributed by atoms with van der Waals surface area (Å²) >= 11 is 0. The van der Waals surface area contributed by atoms with Gasteiger partial charge < -0.3 is 30.4 Å². The third-order valence-electron chi connectivity index (χ3n) is 8.58. The number of carbonyl (C=O) groups excluding carboxylic acids is 4. The van der Waals surface area contributed by atoms with Crippen LogP contribution in [0.4, 0.5) is 0 Å². The van der Waals surface area contributed by atoms with Gasteiger partial charge in [-0.3, -0.25) is 19.2 Å². The van der Waals surface area contributed by atoms with Crippen LogP contribution in [0.2, 0.25) is 0 Å². The molecule has 3 heterocycles. The molecule has 2 aromatic rings. The number of amides is 3. The first-order valence-electron chi connectivity index (χ1n) is 13.5. The van der Waals surface area contributed by atoms with Gasteiger partial charge >= 0.3 is 0 Å². The Balaban J connectivity index is 1.37. The molecule has 4 N–H and O–H groups in total. The maximum absolute atomic E-state index is 13.7. The van der Waals surface area contributed by atoms with Crippen LogP contribution in [-0.2, 0) is 14.4 Å². The van der Waals surface area contributed by atoms with Crippen molar-refractivity contribution in [2.75, 3.05) is 20.3 Å². The molecule has 10 heteroatoms. The number of aliphatic hydroxyl groups is 1. The molecular weight excluding hydrogens is 488 g/mol. The molecule has 1 aromatic carbocycles. The summed E-state index contributed by atoms with van der Waals surface area (Å²) in [6.45, 7) is 1.67. The van der Waals surface area contributed by atoms with Gasteiger partial charge in [-0.2, -0.15) is 0 Å². The number of rotatable bonds is 8. The number of aromatic nitrogens is 1. The maximum atomic E-state index is 13.7. The number of aromatic amines is 1. The average Bonchev–Trinajstić information content (AvgIpc) is 3.62. The molecule has 204 valence electrons. The summed E-state index contributed by atoms with van der Waals surface area (Å²) in [5.74, 6) is -0.914. The fraction of sp³-hybridized carbons (Fsp3) is 0.571. The van der Waals surface area contributed by atoms with Gasteiger partial charge in [0.05, 0.1) is 13.2 Å². The highest BCUT2D eigenvalue weighted by Crippen LogP contribution is 2.43. The van der Waals surface area contributed by atoms with E-state index in [1.54, 1.807) is 18.1 Å². The Bertz CT molecular complexity index is 1240. The van der Waals surface area contributed by atoms with Crippen molar-refractivity contribution in [3.8, 4) is 5.75 Å². The number of H-pyrrole nitrogens is 1. The lowest BCUT2D eigenvalue weighted by atomic mass is 9.87. The van der Waals surface area contributed by atoms with Crippen molar-refractivity contribution in [1.29, 1.82) is 0 Å². The SMILES string of the molecule is COc1cccc2[nH]c(C(=O)N3C[C@@H]4CCC[C@@H]4[C@H]3C(=O)N[C@@H](C[C@@H]3CC[C@@H](C)NC3=O)C(=O)CO)cc12. The van der Waals surface area contributed by atoms with Crippen molar-refractivity contribution >= 4 is 34.4 Å². The van der Waals surface area contributed by atoms with Gasteiger partial charge in [-0.15, -0.1) is 0 Å². The smallest absolute Gasteiger partial charge is 0.271 e. The van der Waals surface area contributed by atoms with Crippen molar-refractivity contribution in [1.82, 2.24) is 20.5 Å². The number of hydrogen-bond acceptors (Lipinski definition) is 6. The summed E-state index contributed by atoms with van der Waals surface area (Å²) in [5.41, 5.74) is 1.14. The summed E-state index contributed by atoms with van der Waals surface area (Å²) in [6, 6.07) is 5.64. The molecule has 3 aliphatic rings. The number of ether oxygens (including phenoxy) is 1. The minimum absolute atomic E-state index is 0.00146. The molecular formula is C28H36N4O6. The Labute approximate surface area is 221 Å². The molecule has 10 nitrogen and oxygen atoms in total. The van der Waals surface area contributed by atoms with Crippen LogP contribution >= 0.6 is 0 Å². The van der Waals surface area contributed by atoms with Crippen molar-refractivity contribution in [3.63, 3.8) is 0 Å². The van der Waals surface area contributed by atoms with Gasteiger partial charge in [0.2, 0.25) is 11.8 Å². The second-order valence-electron chi connectivity index (χ2n) is 11.0. The molecule has 5 rings (SSSR count). The number of carbonyl (C=O) groups is 4. The third-order valence-corrected chi connectivity index (χ3v) is 8.58. The van der Waals surface area contributed by atoms with Crippen LogP contribution in [-0.4, -0.2) is 76.9 Å². The van der Waals surface area contributed by atoms with Crippen molar-refractivity contribution < 1.29 is 29.0 Å². The second kappa shape index (κ2) is 10.8. The lowest BCUT2D eigenvalue weighted by Gasteiger charge is -2.31. The fourth-order valence-electron chi connectivity index (χ4n) is 6.59. The molecule has 2 aliphatic heterocycles. The van der Waals surface area contributed by atoms with Gasteiger partial charge in [-0.05, 0) is 69.1 Å². The number of ketones is 1. The zero-order valence-electron chi connectivity index (χ0n) is 21.9. The molecule has 1 aliphatic carbocycles. The van der Waals surface area contributed by atoms with Crippen LogP contribution in [0.1, 0.15) is 55.9 Å². The highest BCUT2D eigenvalue weighted by molar-refractivity contribution is 6.02. The Morgan fingerprint density at radius 3 is 2.76 bits per heavy atom. The third kappa shape index (κ3) is 4.89. The van der Waals surface area contributed by atoms with Gasteiger partial charge in [-0.1, -0.05) is 12.5 Å². The van der Waals surface area contributed by atoms with Crippen molar-refractivity contribution in [2.45, 2.75) is 63.6 Å². The van der Waals surface area contributed by atoms with Crippen LogP contribution < -0.4 is 15.4 Å². The number of nitrogens with zero attached hydrogens (tertiary/aromatic N) is 1. The van der Waals surface area contributed by atoms with Crippen LogP contribution in [0.25, 0.3) is 10.9 Å². The van der Waals surface area contributed by atoms with E-state index < -0.39 is 36.3 Å². The van der Waals surface area contributed by atoms with Crippen molar-refractivity contribution in [2.24, 2.45) is 17.8 Å². The van der Waals surface area contributed by atoms with Crippen LogP contribution in [0, 0.1) is 17.8 Å². The van der Waals surface area contributed by atoms with E-state index in [1.807, 2.05) is 25.1 Å². The quantitative estimate of drug-likeness (QED) is 0.415. The topological polar surface area (TPSA) is 141 Å². The largest absolute Gasteiger partial charge is 0.496 e. The van der Waals surface area contributed by atoms with E-state index in [1.165, 1.54) is 0 Å². The van der Waals surface area contributed by atoms with Crippen molar-refractivity contribution in [3.05, 3.63) is 30.0 Å². The highest BCUT2D eigenvalue weighted by atomic mass is 16.5. The Hall–Kier alpha value is -3.40. The summed E-state index contributed by atoms with van der Waals surface area (Å²) in [5, 5.41) is 16.1. The monoisotopic (exact) mass is 524 g/mol. The summed E-state index contributed by atoms with van der Waals surface area (Å²) < 4.78 is 5.43. The van der Waals surface area contributed by atoms with E-state index in [4.69, 9.17) is 4.74 Å². The lowest BCUT2D eigenvalue weighted by molar-refractivity contribution is -0.134. The second-order valence-corrected chi connectivity index (χ2v) is 11.0. The summed E-state index contributed by atoms with van der Waals surface area (Å²) in [4.78, 5) is 57.4. The number of nitrogens with one attached hydrogen (secondary N) is 3. The molecule has 38 heavy (non-hydrogen) atoms. The Kier molecular flexibility index (Phi) is 7.43. The molecule has 0 unspecified atom stereocenters. The normalized spacial score (nSPS) is 27.6. The molecule has 2 saturated heterocycles. The molecule has 0 radical (unpaired) electrons. The molecule has 3 amide bonds. The van der Waals surface area contributed by atoms with Gasteiger partial charge in [0.15, 0.2) is 5.78 Å². The molecule has 0 spiro atoms. The molecule has 0 bridgehead atoms. The summed E-state index contributed by atoms with van der Waals surface area (Å²) in [6.07, 6.45) is 4.28. The van der Waals surface area contributed by atoms with Gasteiger partial charge in [0, 0.05) is 29.4 Å². The minimum atomic E-state index is -0.994. The number of aliphatic hydroxyl groups excluding tert-OH is 1. The van der Waals surface area contributed by atoms with E-state index in [0.29, 0.717) is 24.4 Å². The first-order chi connectivity index (χ1) is 18.3. The number of hydrogen-bond donors (Lipinski definition) is 4. The van der Waals surface area contributed by atoms with Crippen LogP contribution in [0.3, 0.4) is 0 Å². The fourth-order valence-corrected chi connectivity index (χ4v) is 6.59. The molecule has 6 atom stereocenters. The lowest BCUT2D eigenvalue weighted by Crippen LogP contribution is -2.54. The Morgan fingerprint density at radius 1 is 1.21 bits per heavy atom. The average molecular weight is 525 g/mol. The van der Waals surface area contributed by atoms with E-state index in [2.05, 4.69) is 15.6 Å². The number of benzene rings is 1. The molecule has 3 fully saturated rings. The zero-order valence-corrected chi connectivity index (χ0v) is 21.9. The number of methoxy groups -OCH3 is 1. The van der Waals surface area contributed by atoms with Gasteiger partial charge in [0.1, 0.15) is 24.1 Å². The van der Waals surface area contributed by atoms with E-state index >= 15 is 0 Å². The van der Waals surface area contributed by atoms with Crippen LogP contribution in [0.5, 0.6) is 5.75 Å². The standard InChI is InChI=1S/C28H36N4O6/c1-15-9-10-16(26(35)29-15)11-21(23(34)14-33)31-27(36)25-18-6-3-5-17(18)13-32(25)28(37)22-12-19-20(30-22)7-4-8-24(19)38-2/h4,7-8,12,15-18,21,25,30,33H,3,5-6,9-11,13-14H2,1-2H3,(H,29,35)(H,31,36)/t15-,16+,17+,18+,21+,25+/m1/s1. The van der Waals surface area contributed by atoms with Gasteiger partial charge in [-0.25, -0.2) is 0 Å². The van der Waals surface area contributed by atoms with E-state index in [0.717, 1.165) is 36.6 Å². The molecule has 1 saturated carbocycles. The number of fused-ring (bicyclic) bond motifs is 2. The number of Topliss-reactive ketones (excluding diaryl/α,β-unsaturated/α-hetero) is 1. The summed E-state index contributed by atoms with van der Waals surface area (Å²) in [7, 11) is 1.58. The van der Waals surface area contributed by atoms with Crippen LogP contribution in [0.15, 0.2) is 24.3 Å². The maximum Gasteiger partial charge on any atom is 0.271 e. The predicted octanol–water partition coefficient (Wildman–Crippen LogP) is 1.77. The Morgan fingerprint density at radius 2 is 2.03 bits per heavy atom. The number of likely N-dealkylation sites (tertiary alicyclic amines) is 1.